The van der Waals surface area contributed by atoms with E-state index in [0.29, 0.717) is 40.9 Å². The number of hydrogen-bond donors (Lipinski definition) is 1. The molecule has 1 aliphatic rings. The number of nitrogens with one attached hydrogen (secondary N) is 1. The number of anilines is 2. The Balaban J connectivity index is 1.50. The number of rotatable bonds is 6. The molecule has 5 rings (SSSR count). The van der Waals surface area contributed by atoms with Gasteiger partial charge in [-0.2, -0.15) is 4.98 Å². The quantitative estimate of drug-likeness (QED) is 0.438. The van der Waals surface area contributed by atoms with Crippen LogP contribution in [0.5, 0.6) is 0 Å². The van der Waals surface area contributed by atoms with Gasteiger partial charge in [0.15, 0.2) is 5.13 Å². The van der Waals surface area contributed by atoms with E-state index in [1.807, 2.05) is 54.6 Å². The monoisotopic (exact) mass is 489 g/mol. The summed E-state index contributed by atoms with van der Waals surface area (Å²) in [5.41, 5.74) is 3.38. The van der Waals surface area contributed by atoms with Crippen molar-refractivity contribution < 1.29 is 9.53 Å². The van der Waals surface area contributed by atoms with Crippen LogP contribution in [0, 0.1) is 0 Å². The van der Waals surface area contributed by atoms with Crippen molar-refractivity contribution in [2.24, 2.45) is 0 Å². The summed E-state index contributed by atoms with van der Waals surface area (Å²) in [7, 11) is 0. The number of carbonyl (C=O) groups excluding carboxylic acids is 1. The van der Waals surface area contributed by atoms with Crippen LogP contribution < -0.4 is 15.9 Å². The van der Waals surface area contributed by atoms with Crippen LogP contribution in [0.25, 0.3) is 21.6 Å². The Hall–Kier alpha value is -3.56. The Morgan fingerprint density at radius 3 is 2.46 bits per heavy atom. The highest BCUT2D eigenvalue weighted by atomic mass is 32.1. The number of fused-ring (bicyclic) bond motifs is 1. The standard InChI is InChI=1S/C26H27N5O3S/c1-17(2)18-8-10-20(11-9-18)27-21(32)16-31-24-23(29-26(35-24)30-12-14-34-15-13-30)22(28-25(31)33)19-6-4-3-5-7-19/h3-11,17H,12-16H2,1-2H3,(H,27,32). The lowest BCUT2D eigenvalue weighted by molar-refractivity contribution is -0.116. The zero-order valence-corrected chi connectivity index (χ0v) is 20.5. The summed E-state index contributed by atoms with van der Waals surface area (Å²) < 4.78 is 6.89. The van der Waals surface area contributed by atoms with E-state index in [-0.39, 0.29) is 12.5 Å². The third kappa shape index (κ3) is 4.96. The molecular weight excluding hydrogens is 462 g/mol. The van der Waals surface area contributed by atoms with Crippen LogP contribution in [0.15, 0.2) is 59.4 Å². The normalized spacial score (nSPS) is 14.0. The summed E-state index contributed by atoms with van der Waals surface area (Å²) >= 11 is 1.41. The Bertz CT molecular complexity index is 1390. The maximum atomic E-state index is 13.1. The zero-order chi connectivity index (χ0) is 24.4. The van der Waals surface area contributed by atoms with Gasteiger partial charge in [0.1, 0.15) is 22.6 Å². The first-order valence-corrected chi connectivity index (χ1v) is 12.5. The van der Waals surface area contributed by atoms with Gasteiger partial charge in [-0.25, -0.2) is 9.78 Å². The number of carbonyl (C=O) groups is 1. The topological polar surface area (TPSA) is 89.3 Å². The molecule has 1 fully saturated rings. The molecule has 2 aromatic heterocycles. The first-order valence-electron chi connectivity index (χ1n) is 11.7. The number of amides is 1. The predicted octanol–water partition coefficient (Wildman–Crippen LogP) is 4.12. The molecular formula is C26H27N5O3S. The maximum Gasteiger partial charge on any atom is 0.349 e. The van der Waals surface area contributed by atoms with Gasteiger partial charge in [0.05, 0.1) is 13.2 Å². The third-order valence-corrected chi connectivity index (χ3v) is 7.14. The molecule has 35 heavy (non-hydrogen) atoms. The maximum absolute atomic E-state index is 13.1. The second-order valence-electron chi connectivity index (χ2n) is 8.77. The minimum atomic E-state index is -0.473. The highest BCUT2D eigenvalue weighted by Gasteiger charge is 2.22. The molecule has 0 atom stereocenters. The molecule has 0 radical (unpaired) electrons. The molecule has 8 nitrogen and oxygen atoms in total. The van der Waals surface area contributed by atoms with Crippen molar-refractivity contribution in [1.82, 2.24) is 14.5 Å². The van der Waals surface area contributed by atoms with Crippen molar-refractivity contribution in [1.29, 1.82) is 0 Å². The van der Waals surface area contributed by atoms with Crippen molar-refractivity contribution >= 4 is 38.4 Å². The molecule has 9 heteroatoms. The van der Waals surface area contributed by atoms with Crippen molar-refractivity contribution in [3.63, 3.8) is 0 Å². The van der Waals surface area contributed by atoms with Crippen LogP contribution in [-0.2, 0) is 16.1 Å². The molecule has 0 aliphatic carbocycles. The number of morpholine rings is 1. The second kappa shape index (κ2) is 9.97. The number of thiazole rings is 1. The second-order valence-corrected chi connectivity index (χ2v) is 9.73. The van der Waals surface area contributed by atoms with E-state index in [1.54, 1.807) is 0 Å². The molecule has 1 saturated heterocycles. The lowest BCUT2D eigenvalue weighted by Crippen LogP contribution is -2.36. The van der Waals surface area contributed by atoms with Crippen molar-refractivity contribution in [2.45, 2.75) is 26.3 Å². The minimum Gasteiger partial charge on any atom is -0.378 e. The molecule has 0 bridgehead atoms. The molecule has 3 heterocycles. The molecule has 0 saturated carbocycles. The highest BCUT2D eigenvalue weighted by molar-refractivity contribution is 7.22. The van der Waals surface area contributed by atoms with E-state index in [1.165, 1.54) is 21.5 Å². The fourth-order valence-corrected chi connectivity index (χ4v) is 5.17. The van der Waals surface area contributed by atoms with Gasteiger partial charge in [-0.1, -0.05) is 67.6 Å². The van der Waals surface area contributed by atoms with Crippen LogP contribution in [0.1, 0.15) is 25.3 Å². The first kappa shape index (κ1) is 23.2. The van der Waals surface area contributed by atoms with Gasteiger partial charge in [0, 0.05) is 24.3 Å². The summed E-state index contributed by atoms with van der Waals surface area (Å²) in [5.74, 6) is 0.120. The summed E-state index contributed by atoms with van der Waals surface area (Å²) in [6, 6.07) is 17.3. The summed E-state index contributed by atoms with van der Waals surface area (Å²) in [6.07, 6.45) is 0. The Kier molecular flexibility index (Phi) is 6.61. The van der Waals surface area contributed by atoms with E-state index in [4.69, 9.17) is 9.72 Å². The van der Waals surface area contributed by atoms with Crippen LogP contribution in [0.3, 0.4) is 0 Å². The molecule has 4 aromatic rings. The van der Waals surface area contributed by atoms with Crippen molar-refractivity contribution in [3.8, 4) is 11.3 Å². The van der Waals surface area contributed by atoms with Crippen LogP contribution in [0.2, 0.25) is 0 Å². The summed E-state index contributed by atoms with van der Waals surface area (Å²) in [4.78, 5) is 38.1. The van der Waals surface area contributed by atoms with Crippen LogP contribution in [0.4, 0.5) is 10.8 Å². The van der Waals surface area contributed by atoms with E-state index >= 15 is 0 Å². The van der Waals surface area contributed by atoms with E-state index < -0.39 is 5.69 Å². The molecule has 0 unspecified atom stereocenters. The van der Waals surface area contributed by atoms with Crippen LogP contribution in [-0.4, -0.2) is 46.7 Å². The molecule has 1 N–H and O–H groups in total. The van der Waals surface area contributed by atoms with E-state index in [0.717, 1.165) is 23.8 Å². The fraction of sp³-hybridized carbons (Fsp3) is 0.308. The van der Waals surface area contributed by atoms with Gasteiger partial charge in [-0.15, -0.1) is 0 Å². The predicted molar refractivity (Wildman–Crippen MR) is 139 cm³/mol. The Labute approximate surface area is 207 Å². The van der Waals surface area contributed by atoms with Gasteiger partial charge in [0.25, 0.3) is 0 Å². The zero-order valence-electron chi connectivity index (χ0n) is 19.7. The number of aromatic nitrogens is 3. The van der Waals surface area contributed by atoms with Crippen LogP contribution >= 0.6 is 11.3 Å². The van der Waals surface area contributed by atoms with Gasteiger partial charge < -0.3 is 15.0 Å². The average molecular weight is 490 g/mol. The number of hydrogen-bond acceptors (Lipinski definition) is 7. The van der Waals surface area contributed by atoms with E-state index in [9.17, 15) is 9.59 Å². The Morgan fingerprint density at radius 1 is 1.06 bits per heavy atom. The number of benzene rings is 2. The Morgan fingerprint density at radius 2 is 1.77 bits per heavy atom. The fourth-order valence-electron chi connectivity index (χ4n) is 4.06. The molecule has 180 valence electrons. The van der Waals surface area contributed by atoms with E-state index in [2.05, 4.69) is 29.0 Å². The average Bonchev–Trinajstić information content (AvgIpc) is 3.32. The summed E-state index contributed by atoms with van der Waals surface area (Å²) in [6.45, 7) is 6.81. The van der Waals surface area contributed by atoms with Gasteiger partial charge >= 0.3 is 5.69 Å². The van der Waals surface area contributed by atoms with Crippen molar-refractivity contribution in [2.75, 3.05) is 36.5 Å². The van der Waals surface area contributed by atoms with Gasteiger partial charge in [-0.3, -0.25) is 9.36 Å². The van der Waals surface area contributed by atoms with Crippen molar-refractivity contribution in [3.05, 3.63) is 70.6 Å². The minimum absolute atomic E-state index is 0.145. The number of nitrogens with zero attached hydrogens (tertiary/aromatic N) is 4. The largest absolute Gasteiger partial charge is 0.378 e. The third-order valence-electron chi connectivity index (χ3n) is 6.00. The molecule has 0 spiro atoms. The summed E-state index contributed by atoms with van der Waals surface area (Å²) in [5, 5.41) is 3.69. The number of ether oxygens (including phenoxy) is 1. The lowest BCUT2D eigenvalue weighted by atomic mass is 10.0. The molecule has 1 aliphatic heterocycles. The molecule has 2 aromatic carbocycles. The smallest absolute Gasteiger partial charge is 0.349 e. The first-order chi connectivity index (χ1) is 17.0. The van der Waals surface area contributed by atoms with Gasteiger partial charge in [-0.05, 0) is 23.6 Å². The SMILES string of the molecule is CC(C)c1ccc(NC(=O)Cn2c(=O)nc(-c3ccccc3)c3nc(N4CCOCC4)sc32)cc1. The lowest BCUT2D eigenvalue weighted by Gasteiger charge is -2.25. The van der Waals surface area contributed by atoms with Gasteiger partial charge in [0.2, 0.25) is 5.91 Å². The molecule has 1 amide bonds. The highest BCUT2D eigenvalue weighted by Crippen LogP contribution is 2.33.